The molecule has 0 bridgehead atoms. The molecule has 3 aromatic rings. The van der Waals surface area contributed by atoms with Crippen molar-refractivity contribution < 1.29 is 9.72 Å². The molecule has 0 saturated heterocycles. The second kappa shape index (κ2) is 8.43. The number of non-ortho nitro benzene ring substituents is 1. The number of hydrogen-bond donors (Lipinski definition) is 1. The number of rotatable bonds is 7. The van der Waals surface area contributed by atoms with Crippen LogP contribution in [0, 0.1) is 10.1 Å². The third-order valence-corrected chi connectivity index (χ3v) is 4.49. The second-order valence-electron chi connectivity index (χ2n) is 6.51. The van der Waals surface area contributed by atoms with Crippen molar-refractivity contribution in [2.75, 3.05) is 0 Å². The van der Waals surface area contributed by atoms with Crippen molar-refractivity contribution in [2.24, 2.45) is 0 Å². The SMILES string of the molecule is CC(NC(=O)CCCn1cnc2ccccc2c1=O)c1cccc([N+](=O)[O-])c1. The van der Waals surface area contributed by atoms with E-state index in [1.54, 1.807) is 37.3 Å². The minimum absolute atomic E-state index is 0.0122. The lowest BCUT2D eigenvalue weighted by molar-refractivity contribution is -0.384. The van der Waals surface area contributed by atoms with Gasteiger partial charge in [0, 0.05) is 25.1 Å². The first-order valence-electron chi connectivity index (χ1n) is 8.93. The zero-order valence-electron chi connectivity index (χ0n) is 15.4. The smallest absolute Gasteiger partial charge is 0.269 e. The van der Waals surface area contributed by atoms with Gasteiger partial charge in [-0.25, -0.2) is 4.98 Å². The van der Waals surface area contributed by atoms with E-state index in [-0.39, 0.29) is 29.6 Å². The van der Waals surface area contributed by atoms with Crippen LogP contribution in [0.4, 0.5) is 5.69 Å². The molecule has 1 N–H and O–H groups in total. The second-order valence-corrected chi connectivity index (χ2v) is 6.51. The van der Waals surface area contributed by atoms with Gasteiger partial charge in [-0.05, 0) is 31.0 Å². The average Bonchev–Trinajstić information content (AvgIpc) is 2.70. The number of nitrogens with one attached hydrogen (secondary N) is 1. The Balaban J connectivity index is 1.56. The van der Waals surface area contributed by atoms with Gasteiger partial charge in [0.15, 0.2) is 0 Å². The Labute approximate surface area is 161 Å². The molecular weight excluding hydrogens is 360 g/mol. The molecule has 0 spiro atoms. The van der Waals surface area contributed by atoms with Crippen molar-refractivity contribution in [3.63, 3.8) is 0 Å². The third kappa shape index (κ3) is 4.40. The van der Waals surface area contributed by atoms with Gasteiger partial charge in [0.2, 0.25) is 5.91 Å². The number of nitro groups is 1. The van der Waals surface area contributed by atoms with E-state index in [4.69, 9.17) is 0 Å². The highest BCUT2D eigenvalue weighted by atomic mass is 16.6. The maximum Gasteiger partial charge on any atom is 0.269 e. The number of benzene rings is 2. The summed E-state index contributed by atoms with van der Waals surface area (Å²) in [5, 5.41) is 14.2. The van der Waals surface area contributed by atoms with Gasteiger partial charge in [-0.15, -0.1) is 0 Å². The largest absolute Gasteiger partial charge is 0.350 e. The lowest BCUT2D eigenvalue weighted by Crippen LogP contribution is -2.27. The highest BCUT2D eigenvalue weighted by Crippen LogP contribution is 2.19. The molecule has 8 heteroatoms. The van der Waals surface area contributed by atoms with Crippen molar-refractivity contribution in [3.8, 4) is 0 Å². The summed E-state index contributed by atoms with van der Waals surface area (Å²) in [6.45, 7) is 2.16. The van der Waals surface area contributed by atoms with E-state index in [0.29, 0.717) is 29.4 Å². The number of carbonyl (C=O) groups excluding carboxylic acids is 1. The predicted octanol–water partition coefficient (Wildman–Crippen LogP) is 2.96. The summed E-state index contributed by atoms with van der Waals surface area (Å²) in [6.07, 6.45) is 2.21. The molecule has 3 rings (SSSR count). The van der Waals surface area contributed by atoms with Gasteiger partial charge in [-0.3, -0.25) is 24.3 Å². The Morgan fingerprint density at radius 1 is 1.25 bits per heavy atom. The predicted molar refractivity (Wildman–Crippen MR) is 105 cm³/mol. The lowest BCUT2D eigenvalue weighted by Gasteiger charge is -2.14. The van der Waals surface area contributed by atoms with Crippen molar-refractivity contribution in [2.45, 2.75) is 32.4 Å². The van der Waals surface area contributed by atoms with Crippen molar-refractivity contribution in [1.82, 2.24) is 14.9 Å². The topological polar surface area (TPSA) is 107 Å². The summed E-state index contributed by atoms with van der Waals surface area (Å²) in [5.74, 6) is -0.180. The van der Waals surface area contributed by atoms with E-state index in [1.807, 2.05) is 6.07 Å². The lowest BCUT2D eigenvalue weighted by atomic mass is 10.1. The minimum atomic E-state index is -0.465. The first-order chi connectivity index (χ1) is 13.5. The van der Waals surface area contributed by atoms with Crippen LogP contribution >= 0.6 is 0 Å². The molecule has 28 heavy (non-hydrogen) atoms. The Morgan fingerprint density at radius 3 is 2.82 bits per heavy atom. The van der Waals surface area contributed by atoms with Crippen LogP contribution < -0.4 is 10.9 Å². The number of nitrogens with zero attached hydrogens (tertiary/aromatic N) is 3. The van der Waals surface area contributed by atoms with Crippen LogP contribution in [0.2, 0.25) is 0 Å². The van der Waals surface area contributed by atoms with E-state index in [2.05, 4.69) is 10.3 Å². The Bertz CT molecular complexity index is 1080. The summed E-state index contributed by atoms with van der Waals surface area (Å²) < 4.78 is 1.50. The molecule has 1 amide bonds. The maximum atomic E-state index is 12.4. The number of nitro benzene ring substituents is 1. The molecule has 1 aromatic heterocycles. The Kier molecular flexibility index (Phi) is 5.78. The van der Waals surface area contributed by atoms with Gasteiger partial charge in [-0.1, -0.05) is 24.3 Å². The molecule has 0 aliphatic heterocycles. The van der Waals surface area contributed by atoms with Crippen LogP contribution in [-0.4, -0.2) is 20.4 Å². The molecule has 144 valence electrons. The van der Waals surface area contributed by atoms with E-state index in [9.17, 15) is 19.7 Å². The van der Waals surface area contributed by atoms with Crippen molar-refractivity contribution in [1.29, 1.82) is 0 Å². The van der Waals surface area contributed by atoms with Crippen LogP contribution in [0.5, 0.6) is 0 Å². The Morgan fingerprint density at radius 2 is 2.04 bits per heavy atom. The van der Waals surface area contributed by atoms with Gasteiger partial charge >= 0.3 is 0 Å². The van der Waals surface area contributed by atoms with Crippen molar-refractivity contribution >= 4 is 22.5 Å². The van der Waals surface area contributed by atoms with Crippen molar-refractivity contribution in [3.05, 3.63) is 80.9 Å². The van der Waals surface area contributed by atoms with E-state index in [1.165, 1.54) is 23.0 Å². The van der Waals surface area contributed by atoms with Gasteiger partial charge in [0.25, 0.3) is 11.2 Å². The molecule has 2 aromatic carbocycles. The number of carbonyl (C=O) groups is 1. The first kappa shape index (κ1) is 19.2. The normalized spacial score (nSPS) is 11.9. The number of hydrogen-bond acceptors (Lipinski definition) is 5. The molecule has 0 radical (unpaired) electrons. The van der Waals surface area contributed by atoms with Crippen LogP contribution in [0.3, 0.4) is 0 Å². The van der Waals surface area contributed by atoms with Crippen LogP contribution in [-0.2, 0) is 11.3 Å². The molecule has 0 fully saturated rings. The highest BCUT2D eigenvalue weighted by Gasteiger charge is 2.13. The first-order valence-corrected chi connectivity index (χ1v) is 8.93. The van der Waals surface area contributed by atoms with Gasteiger partial charge < -0.3 is 5.32 Å². The molecule has 0 aliphatic rings. The summed E-state index contributed by atoms with van der Waals surface area (Å²) in [6, 6.07) is 13.0. The van der Waals surface area contributed by atoms with Gasteiger partial charge in [-0.2, -0.15) is 0 Å². The standard InChI is InChI=1S/C20H20N4O4/c1-14(15-6-4-7-16(12-15)24(27)28)22-19(25)10-5-11-23-13-21-18-9-3-2-8-17(18)20(23)26/h2-4,6-9,12-14H,5,10-11H2,1H3,(H,22,25). The van der Waals surface area contributed by atoms with Crippen LogP contribution in [0.1, 0.15) is 31.4 Å². The highest BCUT2D eigenvalue weighted by molar-refractivity contribution is 5.77. The minimum Gasteiger partial charge on any atom is -0.350 e. The van der Waals surface area contributed by atoms with E-state index < -0.39 is 4.92 Å². The van der Waals surface area contributed by atoms with Crippen LogP contribution in [0.25, 0.3) is 10.9 Å². The van der Waals surface area contributed by atoms with E-state index >= 15 is 0 Å². The molecule has 8 nitrogen and oxygen atoms in total. The van der Waals surface area contributed by atoms with Crippen LogP contribution in [0.15, 0.2) is 59.7 Å². The number of aryl methyl sites for hydroxylation is 1. The zero-order chi connectivity index (χ0) is 20.1. The summed E-state index contributed by atoms with van der Waals surface area (Å²) >= 11 is 0. The van der Waals surface area contributed by atoms with E-state index in [0.717, 1.165) is 0 Å². The molecule has 1 unspecified atom stereocenters. The van der Waals surface area contributed by atoms with Gasteiger partial charge in [0.05, 0.1) is 28.2 Å². The summed E-state index contributed by atoms with van der Waals surface area (Å²) in [7, 11) is 0. The fourth-order valence-corrected chi connectivity index (χ4v) is 2.98. The summed E-state index contributed by atoms with van der Waals surface area (Å²) in [5.41, 5.74) is 1.17. The number of para-hydroxylation sites is 1. The monoisotopic (exact) mass is 380 g/mol. The number of aromatic nitrogens is 2. The zero-order valence-corrected chi connectivity index (χ0v) is 15.4. The summed E-state index contributed by atoms with van der Waals surface area (Å²) in [4.78, 5) is 39.3. The molecule has 1 heterocycles. The number of fused-ring (bicyclic) bond motifs is 1. The maximum absolute atomic E-state index is 12.4. The average molecular weight is 380 g/mol. The molecule has 1 atom stereocenters. The Hall–Kier alpha value is -3.55. The third-order valence-electron chi connectivity index (χ3n) is 4.49. The molecular formula is C20H20N4O4. The number of amides is 1. The quantitative estimate of drug-likeness (QED) is 0.501. The molecule has 0 saturated carbocycles. The van der Waals surface area contributed by atoms with Gasteiger partial charge in [0.1, 0.15) is 0 Å². The fourth-order valence-electron chi connectivity index (χ4n) is 2.98. The molecule has 0 aliphatic carbocycles. The fraction of sp³-hybridized carbons (Fsp3) is 0.250.